The summed E-state index contributed by atoms with van der Waals surface area (Å²) in [6.07, 6.45) is -1.28. The number of likely N-dealkylation sites (tertiary alicyclic amines) is 1. The van der Waals surface area contributed by atoms with Crippen LogP contribution >= 0.6 is 24.0 Å². The molecule has 2 aliphatic rings. The average molecular weight is 536 g/mol. The molecule has 10 heteroatoms. The first-order valence-electron chi connectivity index (χ1n) is 10.3. The molecule has 0 aromatic carbocycles. The van der Waals surface area contributed by atoms with Gasteiger partial charge in [0, 0.05) is 52.4 Å². The van der Waals surface area contributed by atoms with Crippen molar-refractivity contribution >= 4 is 29.9 Å². The van der Waals surface area contributed by atoms with Crippen molar-refractivity contribution in [2.45, 2.75) is 32.4 Å². The van der Waals surface area contributed by atoms with Gasteiger partial charge in [-0.3, -0.25) is 9.89 Å². The van der Waals surface area contributed by atoms with Crippen molar-refractivity contribution in [2.75, 3.05) is 72.7 Å². The van der Waals surface area contributed by atoms with Crippen molar-refractivity contribution in [3.63, 3.8) is 0 Å². The van der Waals surface area contributed by atoms with Gasteiger partial charge in [0.25, 0.3) is 0 Å². The van der Waals surface area contributed by atoms with E-state index < -0.39 is 12.7 Å². The number of halogens is 4. The first kappa shape index (κ1) is 26.7. The topological polar surface area (TPSA) is 49.3 Å². The fourth-order valence-electron chi connectivity index (χ4n) is 3.77. The third-order valence-electron chi connectivity index (χ3n) is 5.29. The lowest BCUT2D eigenvalue weighted by atomic mass is 10.1. The number of hydrogen-bond acceptors (Lipinski definition) is 4. The zero-order chi connectivity index (χ0) is 20.4. The maximum Gasteiger partial charge on any atom is 0.401 e. The molecule has 0 radical (unpaired) electrons. The van der Waals surface area contributed by atoms with Gasteiger partial charge in [-0.1, -0.05) is 6.92 Å². The molecule has 6 nitrogen and oxygen atoms in total. The molecule has 0 bridgehead atoms. The van der Waals surface area contributed by atoms with Gasteiger partial charge in [-0.25, -0.2) is 0 Å². The molecule has 2 saturated heterocycles. The van der Waals surface area contributed by atoms with E-state index in [4.69, 9.17) is 9.47 Å². The fraction of sp³-hybridized carbons (Fsp3) is 0.947. The molecule has 1 N–H and O–H groups in total. The van der Waals surface area contributed by atoms with Crippen LogP contribution in [0, 0.1) is 11.8 Å². The van der Waals surface area contributed by atoms with E-state index in [1.165, 1.54) is 4.90 Å². The second-order valence-electron chi connectivity index (χ2n) is 7.68. The van der Waals surface area contributed by atoms with Crippen LogP contribution in [0.2, 0.25) is 0 Å². The smallest absolute Gasteiger partial charge is 0.381 e. The molecule has 2 atom stereocenters. The van der Waals surface area contributed by atoms with Crippen LogP contribution in [0.25, 0.3) is 0 Å². The second kappa shape index (κ2) is 13.9. The van der Waals surface area contributed by atoms with Gasteiger partial charge in [0.2, 0.25) is 0 Å². The monoisotopic (exact) mass is 536 g/mol. The lowest BCUT2D eigenvalue weighted by Gasteiger charge is -2.26. The van der Waals surface area contributed by atoms with Crippen LogP contribution in [0.1, 0.15) is 26.2 Å². The van der Waals surface area contributed by atoms with Gasteiger partial charge in [-0.2, -0.15) is 13.2 Å². The first-order chi connectivity index (χ1) is 13.4. The lowest BCUT2D eigenvalue weighted by Crippen LogP contribution is -2.42. The van der Waals surface area contributed by atoms with E-state index in [9.17, 15) is 13.2 Å². The lowest BCUT2D eigenvalue weighted by molar-refractivity contribution is -0.146. The molecule has 0 amide bonds. The summed E-state index contributed by atoms with van der Waals surface area (Å²) in [4.78, 5) is 7.95. The minimum absolute atomic E-state index is 0. The van der Waals surface area contributed by atoms with Gasteiger partial charge in [0.05, 0.1) is 19.8 Å². The number of nitrogens with zero attached hydrogens (tertiary/aromatic N) is 3. The number of aliphatic imine (C=N–C) groups is 1. The molecule has 172 valence electrons. The largest absolute Gasteiger partial charge is 0.401 e. The number of ether oxygens (including phenoxy) is 2. The molecule has 0 aromatic rings. The van der Waals surface area contributed by atoms with E-state index >= 15 is 0 Å². The van der Waals surface area contributed by atoms with E-state index in [0.29, 0.717) is 25.6 Å². The Kier molecular flexibility index (Phi) is 12.8. The van der Waals surface area contributed by atoms with E-state index in [-0.39, 0.29) is 29.9 Å². The summed E-state index contributed by atoms with van der Waals surface area (Å²) >= 11 is 0. The summed E-state index contributed by atoms with van der Waals surface area (Å²) < 4.78 is 49.0. The van der Waals surface area contributed by atoms with Crippen molar-refractivity contribution < 1.29 is 22.6 Å². The Morgan fingerprint density at radius 1 is 1.31 bits per heavy atom. The highest BCUT2D eigenvalue weighted by Gasteiger charge is 2.32. The summed E-state index contributed by atoms with van der Waals surface area (Å²) in [5, 5.41) is 3.34. The molecule has 0 aliphatic carbocycles. The maximum atomic E-state index is 12.6. The van der Waals surface area contributed by atoms with Crippen LogP contribution in [0.4, 0.5) is 13.2 Å². The second-order valence-corrected chi connectivity index (χ2v) is 7.68. The van der Waals surface area contributed by atoms with E-state index in [1.807, 2.05) is 0 Å². The Morgan fingerprint density at radius 3 is 2.72 bits per heavy atom. The van der Waals surface area contributed by atoms with Crippen molar-refractivity contribution in [3.8, 4) is 0 Å². The van der Waals surface area contributed by atoms with Crippen LogP contribution in [0.3, 0.4) is 0 Å². The van der Waals surface area contributed by atoms with Crippen LogP contribution < -0.4 is 5.32 Å². The Hall–Kier alpha value is -0.330. The quantitative estimate of drug-likeness (QED) is 0.202. The van der Waals surface area contributed by atoms with Crippen molar-refractivity contribution in [1.29, 1.82) is 0 Å². The molecule has 2 aliphatic heterocycles. The molecular formula is C19H36F3IN4O2. The maximum absolute atomic E-state index is 12.6. The Morgan fingerprint density at radius 2 is 2.10 bits per heavy atom. The molecule has 0 spiro atoms. The zero-order valence-corrected chi connectivity index (χ0v) is 19.9. The zero-order valence-electron chi connectivity index (χ0n) is 17.5. The molecule has 2 fully saturated rings. The van der Waals surface area contributed by atoms with Gasteiger partial charge in [-0.05, 0) is 31.7 Å². The summed E-state index contributed by atoms with van der Waals surface area (Å²) in [7, 11) is 1.74. The van der Waals surface area contributed by atoms with Gasteiger partial charge < -0.3 is 19.7 Å². The van der Waals surface area contributed by atoms with Crippen molar-refractivity contribution in [3.05, 3.63) is 0 Å². The number of hydrogen-bond donors (Lipinski definition) is 1. The van der Waals surface area contributed by atoms with E-state index in [1.54, 1.807) is 14.0 Å². The third-order valence-corrected chi connectivity index (χ3v) is 5.29. The van der Waals surface area contributed by atoms with Crippen LogP contribution in [0.15, 0.2) is 4.99 Å². The summed E-state index contributed by atoms with van der Waals surface area (Å²) in [5.41, 5.74) is 0. The van der Waals surface area contributed by atoms with Crippen molar-refractivity contribution in [2.24, 2.45) is 16.8 Å². The summed E-state index contributed by atoms with van der Waals surface area (Å²) in [6, 6.07) is 0. The molecule has 2 unspecified atom stereocenters. The minimum Gasteiger partial charge on any atom is -0.381 e. The highest BCUT2D eigenvalue weighted by Crippen LogP contribution is 2.21. The van der Waals surface area contributed by atoms with Gasteiger partial charge in [-0.15, -0.1) is 24.0 Å². The summed E-state index contributed by atoms with van der Waals surface area (Å²) in [5.74, 6) is 1.59. The molecular weight excluding hydrogens is 500 g/mol. The van der Waals surface area contributed by atoms with Gasteiger partial charge >= 0.3 is 6.18 Å². The average Bonchev–Trinajstić information content (AvgIpc) is 3.31. The fourth-order valence-corrected chi connectivity index (χ4v) is 3.77. The molecule has 0 saturated carbocycles. The highest BCUT2D eigenvalue weighted by molar-refractivity contribution is 14.0. The molecule has 2 heterocycles. The molecule has 0 aromatic heterocycles. The van der Waals surface area contributed by atoms with Gasteiger partial charge in [0.15, 0.2) is 5.96 Å². The van der Waals surface area contributed by atoms with Gasteiger partial charge in [0.1, 0.15) is 0 Å². The van der Waals surface area contributed by atoms with Crippen LogP contribution in [-0.4, -0.2) is 94.7 Å². The normalized spacial score (nSPS) is 23.0. The van der Waals surface area contributed by atoms with Crippen molar-refractivity contribution in [1.82, 2.24) is 15.1 Å². The predicted octanol–water partition coefficient (Wildman–Crippen LogP) is 2.83. The summed E-state index contributed by atoms with van der Waals surface area (Å²) in [6.45, 7) is 7.27. The first-order valence-corrected chi connectivity index (χ1v) is 10.3. The Labute approximate surface area is 189 Å². The SMILES string of the molecule is CCN(CC1CCN(C(=NC)NCCCOCC2CCOC2)C1)CC(F)(F)F.I. The standard InChI is InChI=1S/C19H35F3N4O2.HI/c1-3-25(15-19(20,21)22)11-16-5-8-26(12-16)18(23-2)24-7-4-9-27-13-17-6-10-28-14-17;/h16-17H,3-15H2,1-2H3,(H,23,24);1H. The minimum atomic E-state index is -4.14. The number of nitrogens with one attached hydrogen (secondary N) is 1. The molecule has 29 heavy (non-hydrogen) atoms. The number of rotatable bonds is 10. The Balaban J connectivity index is 0.00000420. The van der Waals surface area contributed by atoms with E-state index in [2.05, 4.69) is 15.2 Å². The molecule has 2 rings (SSSR count). The predicted molar refractivity (Wildman–Crippen MR) is 119 cm³/mol. The third kappa shape index (κ3) is 10.5. The highest BCUT2D eigenvalue weighted by atomic mass is 127. The number of alkyl halides is 3. The van der Waals surface area contributed by atoms with Crippen LogP contribution in [-0.2, 0) is 9.47 Å². The van der Waals surface area contributed by atoms with Crippen LogP contribution in [0.5, 0.6) is 0 Å². The Bertz CT molecular complexity index is 477. The number of guanidine groups is 1. The van der Waals surface area contributed by atoms with E-state index in [0.717, 1.165) is 64.7 Å².